The van der Waals surface area contributed by atoms with Crippen LogP contribution in [-0.4, -0.2) is 83.6 Å². The quantitative estimate of drug-likeness (QED) is 0.329. The first-order valence-electron chi connectivity index (χ1n) is 16.4. The van der Waals surface area contributed by atoms with Crippen molar-refractivity contribution < 1.29 is 23.0 Å². The summed E-state index contributed by atoms with van der Waals surface area (Å²) in [6.45, 7) is 7.00. The van der Waals surface area contributed by atoms with Gasteiger partial charge in [-0.15, -0.1) is 6.42 Å². The van der Waals surface area contributed by atoms with Crippen molar-refractivity contribution in [2.75, 3.05) is 51.7 Å². The van der Waals surface area contributed by atoms with E-state index in [-0.39, 0.29) is 44.6 Å². The number of benzene rings is 3. The van der Waals surface area contributed by atoms with Gasteiger partial charge in [-0.25, -0.2) is 18.1 Å². The molecule has 3 fully saturated rings. The highest BCUT2D eigenvalue weighted by molar-refractivity contribution is 6.02. The molecule has 10 heteroatoms. The Bertz CT molecular complexity index is 1780. The number of ether oxygens (including phenoxy) is 1. The highest BCUT2D eigenvalue weighted by Crippen LogP contribution is 2.50. The Labute approximate surface area is 267 Å². The lowest BCUT2D eigenvalue weighted by atomic mass is 9.82. The van der Waals surface area contributed by atoms with Crippen LogP contribution in [-0.2, 0) is 11.2 Å². The second-order valence-electron chi connectivity index (χ2n) is 14.2. The predicted molar refractivity (Wildman–Crippen MR) is 172 cm³/mol. The number of aromatic hydroxyl groups is 1. The van der Waals surface area contributed by atoms with Crippen molar-refractivity contribution in [3.05, 3.63) is 58.4 Å². The molecular formula is C36H40F3N5O2. The molecule has 3 aromatic rings. The van der Waals surface area contributed by atoms with E-state index < -0.39 is 30.0 Å². The number of phenols is 1. The molecule has 5 aliphatic heterocycles. The molecule has 46 heavy (non-hydrogen) atoms. The highest BCUT2D eigenvalue weighted by atomic mass is 19.1. The molecule has 0 aliphatic carbocycles. The number of hydrogen-bond donors (Lipinski definition) is 3. The Morgan fingerprint density at radius 2 is 1.87 bits per heavy atom. The van der Waals surface area contributed by atoms with Crippen LogP contribution in [0.25, 0.3) is 21.9 Å². The van der Waals surface area contributed by atoms with E-state index >= 15 is 13.2 Å². The number of rotatable bonds is 4. The zero-order valence-corrected chi connectivity index (χ0v) is 26.4. The average molecular weight is 632 g/mol. The van der Waals surface area contributed by atoms with Gasteiger partial charge in [0.05, 0.1) is 29.6 Å². The van der Waals surface area contributed by atoms with E-state index in [1.807, 2.05) is 7.05 Å². The monoisotopic (exact) mass is 631 g/mol. The van der Waals surface area contributed by atoms with Crippen LogP contribution in [0.15, 0.2) is 24.3 Å². The number of phenolic OH excluding ortho intramolecular Hbond substituents is 1. The first kappa shape index (κ1) is 30.0. The van der Waals surface area contributed by atoms with Crippen LogP contribution in [0.5, 0.6) is 5.75 Å². The molecule has 2 bridgehead atoms. The van der Waals surface area contributed by atoms with Crippen LogP contribution in [0.4, 0.5) is 18.9 Å². The number of terminal acetylenes is 1. The Balaban J connectivity index is 1.32. The van der Waals surface area contributed by atoms with Gasteiger partial charge in [0.25, 0.3) is 0 Å². The van der Waals surface area contributed by atoms with Crippen molar-refractivity contribution >= 4 is 16.5 Å². The van der Waals surface area contributed by atoms with Gasteiger partial charge in [-0.05, 0) is 94.7 Å². The molecule has 0 amide bonds. The van der Waals surface area contributed by atoms with E-state index in [1.54, 1.807) is 0 Å². The first-order valence-corrected chi connectivity index (χ1v) is 16.4. The van der Waals surface area contributed by atoms with Crippen molar-refractivity contribution in [2.45, 2.75) is 69.0 Å². The molecule has 5 heterocycles. The maximum atomic E-state index is 17.3. The number of fused-ring (bicyclic) bond motifs is 5. The Morgan fingerprint density at radius 3 is 2.63 bits per heavy atom. The van der Waals surface area contributed by atoms with E-state index in [1.165, 1.54) is 24.3 Å². The van der Waals surface area contributed by atoms with Crippen molar-refractivity contribution in [1.82, 2.24) is 20.0 Å². The minimum atomic E-state index is -0.804. The topological polar surface area (TPSA) is 63.2 Å². The zero-order valence-electron chi connectivity index (χ0n) is 26.4. The highest BCUT2D eigenvalue weighted by Gasteiger charge is 2.49. The number of nitrogens with zero attached hydrogens (tertiary/aromatic N) is 3. The van der Waals surface area contributed by atoms with Gasteiger partial charge >= 0.3 is 0 Å². The van der Waals surface area contributed by atoms with Gasteiger partial charge in [-0.3, -0.25) is 9.80 Å². The molecular weight excluding hydrogens is 591 g/mol. The molecule has 8 rings (SSSR count). The Morgan fingerprint density at radius 1 is 1.09 bits per heavy atom. The number of hydrogen-bond acceptors (Lipinski definition) is 7. The van der Waals surface area contributed by atoms with Gasteiger partial charge in [-0.1, -0.05) is 12.0 Å². The molecule has 0 radical (unpaired) electrons. The maximum Gasteiger partial charge on any atom is 0.188 e. The minimum absolute atomic E-state index is 0.00874. The SMILES string of the molecule is C#Cc1c(F)ccc2cc(O)cc(-c3c(F)c4c5c(c3F)NC(OCC36CCCN3CCC6)N(C)C5N3CCNC(C)(CC4)C3)c12. The summed E-state index contributed by atoms with van der Waals surface area (Å²) in [5.74, 6) is -0.0107. The number of piperazine rings is 1. The van der Waals surface area contributed by atoms with E-state index in [9.17, 15) is 5.11 Å². The summed E-state index contributed by atoms with van der Waals surface area (Å²) in [6, 6.07) is 5.37. The van der Waals surface area contributed by atoms with Gasteiger partial charge in [0, 0.05) is 47.2 Å². The van der Waals surface area contributed by atoms with Crippen LogP contribution < -0.4 is 10.6 Å². The summed E-state index contributed by atoms with van der Waals surface area (Å²) < 4.78 is 56.1. The van der Waals surface area contributed by atoms with E-state index in [4.69, 9.17) is 11.2 Å². The summed E-state index contributed by atoms with van der Waals surface area (Å²) in [6.07, 6.45) is 10.1. The van der Waals surface area contributed by atoms with Crippen molar-refractivity contribution in [2.24, 2.45) is 0 Å². The molecule has 3 N–H and O–H groups in total. The second kappa shape index (κ2) is 10.9. The van der Waals surface area contributed by atoms with Gasteiger partial charge in [0.15, 0.2) is 12.2 Å². The second-order valence-corrected chi connectivity index (χ2v) is 14.2. The third kappa shape index (κ3) is 4.47. The van der Waals surface area contributed by atoms with Crippen LogP contribution >= 0.6 is 0 Å². The molecule has 0 spiro atoms. The average Bonchev–Trinajstić information content (AvgIpc) is 3.60. The zero-order chi connectivity index (χ0) is 32.0. The summed E-state index contributed by atoms with van der Waals surface area (Å²) in [7, 11) is 1.96. The van der Waals surface area contributed by atoms with Crippen LogP contribution in [0.2, 0.25) is 0 Å². The predicted octanol–water partition coefficient (Wildman–Crippen LogP) is 5.51. The minimum Gasteiger partial charge on any atom is -0.508 e. The lowest BCUT2D eigenvalue weighted by molar-refractivity contribution is -0.120. The molecule has 0 saturated carbocycles. The largest absolute Gasteiger partial charge is 0.508 e. The standard InChI is InChI=1S/C36H40F3N5O2/c1-4-23-26(37)8-7-21-17-22(45)18-25(27(21)23)28-30(38)24-9-12-35(2)19-43(16-13-40-35)33-29(24)32(31(28)39)41-34(42(33)3)46-20-36-10-5-14-44(36)15-6-11-36/h1,7-8,17-18,33-34,40-41,45H,5-6,9-16,19-20H2,2-3H3. The lowest BCUT2D eigenvalue weighted by Gasteiger charge is -2.53. The number of anilines is 1. The molecule has 0 aromatic heterocycles. The number of halogens is 3. The summed E-state index contributed by atoms with van der Waals surface area (Å²) in [5, 5.41) is 18.3. The molecule has 7 nitrogen and oxygen atoms in total. The fraction of sp³-hybridized carbons (Fsp3) is 0.500. The fourth-order valence-corrected chi connectivity index (χ4v) is 9.14. The molecule has 4 unspecified atom stereocenters. The smallest absolute Gasteiger partial charge is 0.188 e. The van der Waals surface area contributed by atoms with E-state index in [2.05, 4.69) is 38.2 Å². The van der Waals surface area contributed by atoms with E-state index in [0.29, 0.717) is 42.5 Å². The number of nitrogens with one attached hydrogen (secondary N) is 2. The summed E-state index contributed by atoms with van der Waals surface area (Å²) in [4.78, 5) is 6.91. The van der Waals surface area contributed by atoms with Gasteiger partial charge in [0.2, 0.25) is 0 Å². The molecule has 242 valence electrons. The van der Waals surface area contributed by atoms with E-state index in [0.717, 1.165) is 51.9 Å². The normalized spacial score (nSPS) is 28.7. The van der Waals surface area contributed by atoms with Crippen molar-refractivity contribution in [1.29, 1.82) is 0 Å². The third-order valence-corrected chi connectivity index (χ3v) is 11.4. The fourth-order valence-electron chi connectivity index (χ4n) is 9.14. The van der Waals surface area contributed by atoms with Gasteiger partial charge < -0.3 is 20.5 Å². The van der Waals surface area contributed by atoms with Gasteiger partial charge in [-0.2, -0.15) is 0 Å². The molecule has 4 atom stereocenters. The lowest BCUT2D eigenvalue weighted by Crippen LogP contribution is -2.64. The molecule has 3 aromatic carbocycles. The molecule has 5 aliphatic rings. The first-order chi connectivity index (χ1) is 22.1. The molecule has 3 saturated heterocycles. The van der Waals surface area contributed by atoms with Crippen molar-refractivity contribution in [3.63, 3.8) is 0 Å². The third-order valence-electron chi connectivity index (χ3n) is 11.4. The Hall–Kier alpha value is -3.33. The van der Waals surface area contributed by atoms with Crippen LogP contribution in [0.1, 0.15) is 61.9 Å². The summed E-state index contributed by atoms with van der Waals surface area (Å²) >= 11 is 0. The van der Waals surface area contributed by atoms with Crippen LogP contribution in [0.3, 0.4) is 0 Å². The Kier molecular flexibility index (Phi) is 7.09. The van der Waals surface area contributed by atoms with Crippen LogP contribution in [0, 0.1) is 29.8 Å². The van der Waals surface area contributed by atoms with Gasteiger partial charge in [0.1, 0.15) is 17.4 Å². The van der Waals surface area contributed by atoms with Crippen molar-refractivity contribution in [3.8, 4) is 29.2 Å². The maximum absolute atomic E-state index is 17.3. The summed E-state index contributed by atoms with van der Waals surface area (Å²) in [5.41, 5.74) is 0.456.